The van der Waals surface area contributed by atoms with E-state index in [0.717, 1.165) is 49.7 Å². The van der Waals surface area contributed by atoms with E-state index in [9.17, 15) is 13.6 Å². The zero-order valence-electron chi connectivity index (χ0n) is 13.3. The number of aromatic nitrogens is 2. The Morgan fingerprint density at radius 3 is 2.58 bits per heavy atom. The molecular formula is C18H19F2N3O. The molecule has 1 aliphatic carbocycles. The van der Waals surface area contributed by atoms with Crippen LogP contribution < -0.4 is 5.56 Å². The average molecular weight is 331 g/mol. The van der Waals surface area contributed by atoms with E-state index in [1.165, 1.54) is 12.1 Å². The van der Waals surface area contributed by atoms with Gasteiger partial charge in [-0.05, 0) is 42.5 Å². The molecule has 126 valence electrons. The van der Waals surface area contributed by atoms with E-state index in [-0.39, 0.29) is 5.56 Å². The zero-order chi connectivity index (χ0) is 16.7. The van der Waals surface area contributed by atoms with Crippen LogP contribution in [0.15, 0.2) is 29.1 Å². The minimum absolute atomic E-state index is 0.0266. The van der Waals surface area contributed by atoms with Gasteiger partial charge in [-0.1, -0.05) is 0 Å². The maximum absolute atomic E-state index is 13.2. The molecule has 0 bridgehead atoms. The van der Waals surface area contributed by atoms with Crippen LogP contribution in [-0.2, 0) is 25.9 Å². The number of hydrogen-bond donors (Lipinski definition) is 0. The van der Waals surface area contributed by atoms with Crippen molar-refractivity contribution in [1.82, 2.24) is 14.7 Å². The molecule has 24 heavy (non-hydrogen) atoms. The maximum Gasteiger partial charge on any atom is 0.267 e. The van der Waals surface area contributed by atoms with Crippen LogP contribution in [0.4, 0.5) is 8.78 Å². The van der Waals surface area contributed by atoms with E-state index in [1.807, 2.05) is 0 Å². The Kier molecular flexibility index (Phi) is 3.92. The van der Waals surface area contributed by atoms with Crippen molar-refractivity contribution in [2.24, 2.45) is 5.92 Å². The molecule has 1 aromatic carbocycles. The van der Waals surface area contributed by atoms with Crippen molar-refractivity contribution < 1.29 is 8.78 Å². The van der Waals surface area contributed by atoms with Crippen LogP contribution in [0.25, 0.3) is 0 Å². The molecule has 4 nitrogen and oxygen atoms in total. The lowest BCUT2D eigenvalue weighted by Gasteiger charge is -2.39. The van der Waals surface area contributed by atoms with Crippen LogP contribution in [0, 0.1) is 17.6 Å². The lowest BCUT2D eigenvalue weighted by atomic mass is 9.99. The number of aryl methyl sites for hydroxylation is 2. The molecular weight excluding hydrogens is 312 g/mol. The Hall–Kier alpha value is -2.08. The van der Waals surface area contributed by atoms with E-state index in [1.54, 1.807) is 10.7 Å². The molecule has 2 heterocycles. The lowest BCUT2D eigenvalue weighted by molar-refractivity contribution is 0.0763. The van der Waals surface area contributed by atoms with Crippen LogP contribution in [0.2, 0.25) is 0 Å². The summed E-state index contributed by atoms with van der Waals surface area (Å²) in [5.74, 6) is -0.736. The summed E-state index contributed by atoms with van der Waals surface area (Å²) >= 11 is 0. The highest BCUT2D eigenvalue weighted by atomic mass is 19.1. The minimum Gasteiger partial charge on any atom is -0.298 e. The highest BCUT2D eigenvalue weighted by Gasteiger charge is 2.28. The number of halogens is 2. The molecule has 2 aliphatic rings. The van der Waals surface area contributed by atoms with Crippen LogP contribution in [0.5, 0.6) is 0 Å². The largest absolute Gasteiger partial charge is 0.298 e. The fourth-order valence-corrected chi connectivity index (χ4v) is 3.70. The van der Waals surface area contributed by atoms with Gasteiger partial charge in [0.05, 0.1) is 12.2 Å². The van der Waals surface area contributed by atoms with Gasteiger partial charge in [-0.3, -0.25) is 9.69 Å². The molecule has 1 aliphatic heterocycles. The molecule has 0 spiro atoms. The van der Waals surface area contributed by atoms with Gasteiger partial charge in [0.15, 0.2) is 0 Å². The monoisotopic (exact) mass is 331 g/mol. The highest BCUT2D eigenvalue weighted by molar-refractivity contribution is 5.22. The van der Waals surface area contributed by atoms with E-state index in [4.69, 9.17) is 0 Å². The Bertz CT molecular complexity index is 807. The first-order valence-corrected chi connectivity index (χ1v) is 8.34. The van der Waals surface area contributed by atoms with Gasteiger partial charge in [0, 0.05) is 37.7 Å². The summed E-state index contributed by atoms with van der Waals surface area (Å²) in [6.07, 6.45) is 2.99. The molecule has 2 aromatic rings. The standard InChI is InChI=1S/C18H19F2N3O/c19-15-4-12(5-16(20)7-15)8-22-9-13(10-22)11-23-18(24)6-14-2-1-3-17(14)21-23/h4-7,13H,1-3,8-11H2. The van der Waals surface area contributed by atoms with Gasteiger partial charge in [0.2, 0.25) is 0 Å². The van der Waals surface area contributed by atoms with Crippen molar-refractivity contribution >= 4 is 0 Å². The van der Waals surface area contributed by atoms with Crippen molar-refractivity contribution in [3.05, 3.63) is 63.1 Å². The Morgan fingerprint density at radius 1 is 1.08 bits per heavy atom. The summed E-state index contributed by atoms with van der Waals surface area (Å²) in [5.41, 5.74) is 2.76. The summed E-state index contributed by atoms with van der Waals surface area (Å²) < 4.78 is 28.0. The van der Waals surface area contributed by atoms with E-state index in [0.29, 0.717) is 24.6 Å². The van der Waals surface area contributed by atoms with Crippen molar-refractivity contribution in [2.75, 3.05) is 13.1 Å². The van der Waals surface area contributed by atoms with Crippen molar-refractivity contribution in [3.63, 3.8) is 0 Å². The molecule has 0 unspecified atom stereocenters. The maximum atomic E-state index is 13.2. The fraction of sp³-hybridized carbons (Fsp3) is 0.444. The molecule has 1 saturated heterocycles. The van der Waals surface area contributed by atoms with Gasteiger partial charge in [-0.15, -0.1) is 0 Å². The Morgan fingerprint density at radius 2 is 1.83 bits per heavy atom. The van der Waals surface area contributed by atoms with Gasteiger partial charge in [0.25, 0.3) is 5.56 Å². The summed E-state index contributed by atoms with van der Waals surface area (Å²) in [6.45, 7) is 2.75. The number of nitrogens with zero attached hydrogens (tertiary/aromatic N) is 3. The smallest absolute Gasteiger partial charge is 0.267 e. The van der Waals surface area contributed by atoms with E-state index in [2.05, 4.69) is 10.00 Å². The normalized spacial score (nSPS) is 17.8. The number of hydrogen-bond acceptors (Lipinski definition) is 3. The van der Waals surface area contributed by atoms with Gasteiger partial charge in [0.1, 0.15) is 11.6 Å². The lowest BCUT2D eigenvalue weighted by Crippen LogP contribution is -2.49. The van der Waals surface area contributed by atoms with Crippen molar-refractivity contribution in [3.8, 4) is 0 Å². The summed E-state index contributed by atoms with van der Waals surface area (Å²) in [5, 5.41) is 4.49. The topological polar surface area (TPSA) is 38.1 Å². The zero-order valence-corrected chi connectivity index (χ0v) is 13.3. The number of rotatable bonds is 4. The van der Waals surface area contributed by atoms with E-state index < -0.39 is 11.6 Å². The van der Waals surface area contributed by atoms with Gasteiger partial charge in [-0.2, -0.15) is 5.10 Å². The van der Waals surface area contributed by atoms with Gasteiger partial charge < -0.3 is 0 Å². The van der Waals surface area contributed by atoms with Crippen LogP contribution in [0.1, 0.15) is 23.2 Å². The van der Waals surface area contributed by atoms with Crippen LogP contribution in [0.3, 0.4) is 0 Å². The van der Waals surface area contributed by atoms with Crippen LogP contribution in [-0.4, -0.2) is 27.8 Å². The third kappa shape index (κ3) is 3.11. The number of fused-ring (bicyclic) bond motifs is 1. The fourth-order valence-electron chi connectivity index (χ4n) is 3.70. The second-order valence-corrected chi connectivity index (χ2v) is 6.83. The minimum atomic E-state index is -0.545. The molecule has 4 rings (SSSR count). The van der Waals surface area contributed by atoms with E-state index >= 15 is 0 Å². The second kappa shape index (κ2) is 6.09. The number of benzene rings is 1. The Labute approximate surface area is 138 Å². The first kappa shape index (κ1) is 15.4. The molecule has 0 amide bonds. The van der Waals surface area contributed by atoms with Gasteiger partial charge in [-0.25, -0.2) is 13.5 Å². The third-order valence-electron chi connectivity index (χ3n) is 4.82. The predicted octanol–water partition coefficient (Wildman–Crippen LogP) is 2.14. The van der Waals surface area contributed by atoms with Crippen LogP contribution >= 0.6 is 0 Å². The van der Waals surface area contributed by atoms with Crippen molar-refractivity contribution in [2.45, 2.75) is 32.4 Å². The summed E-state index contributed by atoms with van der Waals surface area (Å²) in [7, 11) is 0. The second-order valence-electron chi connectivity index (χ2n) is 6.83. The molecule has 0 atom stereocenters. The number of likely N-dealkylation sites (tertiary alicyclic amines) is 1. The molecule has 6 heteroatoms. The summed E-state index contributed by atoms with van der Waals surface area (Å²) in [6, 6.07) is 5.33. The average Bonchev–Trinajstić information content (AvgIpc) is 2.91. The molecule has 0 N–H and O–H groups in total. The first-order chi connectivity index (χ1) is 11.6. The first-order valence-electron chi connectivity index (χ1n) is 8.34. The molecule has 1 aromatic heterocycles. The quantitative estimate of drug-likeness (QED) is 0.862. The SMILES string of the molecule is O=c1cc2c(nn1CC1CN(Cc3cc(F)cc(F)c3)C1)CCC2. The molecule has 1 fully saturated rings. The predicted molar refractivity (Wildman–Crippen MR) is 85.6 cm³/mol. The summed E-state index contributed by atoms with van der Waals surface area (Å²) in [4.78, 5) is 14.2. The van der Waals surface area contributed by atoms with Crippen molar-refractivity contribution in [1.29, 1.82) is 0 Å². The third-order valence-corrected chi connectivity index (χ3v) is 4.82. The molecule has 0 saturated carbocycles. The highest BCUT2D eigenvalue weighted by Crippen LogP contribution is 2.22. The molecule has 0 radical (unpaired) electrons. The Balaban J connectivity index is 1.36. The van der Waals surface area contributed by atoms with Gasteiger partial charge >= 0.3 is 0 Å².